The molecule has 0 aliphatic rings. The number of aromatic nitrogens is 3. The Balaban J connectivity index is 1.96. The highest BCUT2D eigenvalue weighted by atomic mass is 32.2. The molecule has 0 fully saturated rings. The molecule has 4 nitrogen and oxygen atoms in total. The van der Waals surface area contributed by atoms with Crippen LogP contribution in [0.25, 0.3) is 0 Å². The fraction of sp³-hybridized carbons (Fsp3) is 0.263. The van der Waals surface area contributed by atoms with E-state index in [0.29, 0.717) is 11.4 Å². The van der Waals surface area contributed by atoms with Crippen molar-refractivity contribution in [1.29, 1.82) is 0 Å². The molecule has 0 unspecified atom stereocenters. The van der Waals surface area contributed by atoms with E-state index in [4.69, 9.17) is 17.0 Å². The van der Waals surface area contributed by atoms with Crippen LogP contribution in [-0.2, 0) is 11.3 Å². The summed E-state index contributed by atoms with van der Waals surface area (Å²) in [4.78, 5) is 1.20. The Hall–Kier alpha value is -1.89. The van der Waals surface area contributed by atoms with Gasteiger partial charge in [0.25, 0.3) is 0 Å². The maximum absolute atomic E-state index is 5.45. The summed E-state index contributed by atoms with van der Waals surface area (Å²) in [6.45, 7) is 1.49. The molecular formula is C19H21N3OS2. The number of nitrogens with one attached hydrogen (secondary N) is 1. The van der Waals surface area contributed by atoms with Crippen LogP contribution in [0.15, 0.2) is 65.6 Å². The number of nitrogens with zero attached hydrogens (tertiary/aromatic N) is 2. The Morgan fingerprint density at radius 1 is 1.12 bits per heavy atom. The van der Waals surface area contributed by atoms with Crippen molar-refractivity contribution in [2.24, 2.45) is 0 Å². The summed E-state index contributed by atoms with van der Waals surface area (Å²) in [7, 11) is 1.72. The van der Waals surface area contributed by atoms with Crippen LogP contribution in [0.5, 0.6) is 0 Å². The number of thioether (sulfide) groups is 1. The van der Waals surface area contributed by atoms with Crippen molar-refractivity contribution < 1.29 is 4.74 Å². The van der Waals surface area contributed by atoms with Gasteiger partial charge in [0.1, 0.15) is 5.82 Å². The maximum atomic E-state index is 5.45. The number of rotatable bonds is 8. The first kappa shape index (κ1) is 17.9. The quantitative estimate of drug-likeness (QED) is 0.349. The highest BCUT2D eigenvalue weighted by molar-refractivity contribution is 7.99. The highest BCUT2D eigenvalue weighted by Crippen LogP contribution is 2.39. The molecule has 130 valence electrons. The largest absolute Gasteiger partial charge is 0.385 e. The van der Waals surface area contributed by atoms with Gasteiger partial charge in [-0.15, -0.1) is 11.8 Å². The lowest BCUT2D eigenvalue weighted by atomic mass is 10.1. The molecule has 2 aromatic carbocycles. The zero-order valence-electron chi connectivity index (χ0n) is 14.1. The molecule has 0 bridgehead atoms. The Morgan fingerprint density at radius 2 is 1.80 bits per heavy atom. The van der Waals surface area contributed by atoms with Crippen molar-refractivity contribution in [3.8, 4) is 0 Å². The standard InChI is InChI=1S/C19H21N3OS2/c1-23-14-8-13-22-18(20-21-19(22)24)17(15-9-4-2-5-10-15)25-16-11-6-3-7-12-16/h2-7,9-12,17H,8,13-14H2,1H3,(H,21,24)/t17-/m1/s1. The van der Waals surface area contributed by atoms with Crippen molar-refractivity contribution in [3.63, 3.8) is 0 Å². The van der Waals surface area contributed by atoms with Crippen LogP contribution in [-0.4, -0.2) is 28.5 Å². The Labute approximate surface area is 157 Å². The van der Waals surface area contributed by atoms with Crippen LogP contribution >= 0.6 is 24.0 Å². The third-order valence-corrected chi connectivity index (χ3v) is 5.43. The fourth-order valence-corrected chi connectivity index (χ4v) is 4.04. The number of ether oxygens (including phenoxy) is 1. The highest BCUT2D eigenvalue weighted by Gasteiger charge is 2.22. The third-order valence-electron chi connectivity index (χ3n) is 3.85. The van der Waals surface area contributed by atoms with Crippen LogP contribution in [0.3, 0.4) is 0 Å². The molecule has 0 saturated carbocycles. The molecule has 0 aliphatic carbocycles. The lowest BCUT2D eigenvalue weighted by Crippen LogP contribution is -2.10. The monoisotopic (exact) mass is 371 g/mol. The van der Waals surface area contributed by atoms with Crippen LogP contribution in [0, 0.1) is 4.77 Å². The van der Waals surface area contributed by atoms with Crippen LogP contribution in [0.4, 0.5) is 0 Å². The Kier molecular flexibility index (Phi) is 6.44. The Morgan fingerprint density at radius 3 is 2.48 bits per heavy atom. The topological polar surface area (TPSA) is 42.8 Å². The van der Waals surface area contributed by atoms with Gasteiger partial charge < -0.3 is 9.30 Å². The summed E-state index contributed by atoms with van der Waals surface area (Å²) in [5.41, 5.74) is 1.21. The van der Waals surface area contributed by atoms with Gasteiger partial charge in [-0.25, -0.2) is 0 Å². The second-order valence-corrected chi connectivity index (χ2v) is 7.17. The lowest BCUT2D eigenvalue weighted by molar-refractivity contribution is 0.190. The van der Waals surface area contributed by atoms with Gasteiger partial charge in [-0.1, -0.05) is 48.5 Å². The first-order valence-electron chi connectivity index (χ1n) is 8.20. The number of H-pyrrole nitrogens is 1. The zero-order chi connectivity index (χ0) is 17.5. The zero-order valence-corrected chi connectivity index (χ0v) is 15.7. The predicted octanol–water partition coefficient (Wildman–Crippen LogP) is 4.86. The van der Waals surface area contributed by atoms with Crippen LogP contribution < -0.4 is 0 Å². The molecule has 0 spiro atoms. The summed E-state index contributed by atoms with van der Waals surface area (Å²) in [6, 6.07) is 20.8. The number of methoxy groups -OCH3 is 1. The first-order chi connectivity index (χ1) is 12.3. The number of benzene rings is 2. The van der Waals surface area contributed by atoms with Crippen LogP contribution in [0.1, 0.15) is 23.1 Å². The second kappa shape index (κ2) is 8.99. The van der Waals surface area contributed by atoms with Gasteiger partial charge in [-0.05, 0) is 36.3 Å². The molecule has 1 aromatic heterocycles. The van der Waals surface area contributed by atoms with Gasteiger partial charge in [0.2, 0.25) is 0 Å². The van der Waals surface area contributed by atoms with Gasteiger partial charge in [0.05, 0.1) is 5.25 Å². The minimum Gasteiger partial charge on any atom is -0.385 e. The maximum Gasteiger partial charge on any atom is 0.195 e. The lowest BCUT2D eigenvalue weighted by Gasteiger charge is -2.18. The molecule has 1 N–H and O–H groups in total. The van der Waals surface area contributed by atoms with E-state index in [1.807, 2.05) is 12.1 Å². The van der Waals surface area contributed by atoms with E-state index in [1.165, 1.54) is 10.5 Å². The minimum absolute atomic E-state index is 0.0686. The number of hydrogen-bond acceptors (Lipinski definition) is 4. The molecule has 0 saturated heterocycles. The molecule has 0 aliphatic heterocycles. The average Bonchev–Trinajstić information content (AvgIpc) is 3.02. The summed E-state index contributed by atoms with van der Waals surface area (Å²) in [6.07, 6.45) is 0.898. The predicted molar refractivity (Wildman–Crippen MR) is 104 cm³/mol. The summed E-state index contributed by atoms with van der Waals surface area (Å²) >= 11 is 7.23. The molecule has 1 heterocycles. The van der Waals surface area contributed by atoms with Gasteiger partial charge >= 0.3 is 0 Å². The van der Waals surface area contributed by atoms with Crippen LogP contribution in [0.2, 0.25) is 0 Å². The normalized spacial score (nSPS) is 12.2. The van der Waals surface area contributed by atoms with E-state index in [2.05, 4.69) is 63.3 Å². The molecule has 25 heavy (non-hydrogen) atoms. The molecule has 6 heteroatoms. The Bertz CT molecular complexity index is 831. The number of hydrogen-bond donors (Lipinski definition) is 1. The van der Waals surface area contributed by atoms with Crippen molar-refractivity contribution in [2.75, 3.05) is 13.7 Å². The average molecular weight is 372 g/mol. The first-order valence-corrected chi connectivity index (χ1v) is 9.49. The SMILES string of the molecule is COCCCn1c([C@H](Sc2ccccc2)c2ccccc2)n[nH]c1=S. The second-order valence-electron chi connectivity index (χ2n) is 5.61. The molecule has 0 amide bonds. The third kappa shape index (κ3) is 4.60. The number of aromatic amines is 1. The molecular weight excluding hydrogens is 350 g/mol. The van der Waals surface area contributed by atoms with Gasteiger partial charge in [0, 0.05) is 25.2 Å². The van der Waals surface area contributed by atoms with E-state index in [1.54, 1.807) is 18.9 Å². The summed E-state index contributed by atoms with van der Waals surface area (Å²) in [5, 5.41) is 7.58. The van der Waals surface area contributed by atoms with Gasteiger partial charge in [0.15, 0.2) is 4.77 Å². The molecule has 3 aromatic rings. The molecule has 1 atom stereocenters. The fourth-order valence-electron chi connectivity index (χ4n) is 2.65. The minimum atomic E-state index is 0.0686. The van der Waals surface area contributed by atoms with E-state index in [-0.39, 0.29) is 5.25 Å². The summed E-state index contributed by atoms with van der Waals surface area (Å²) < 4.78 is 7.92. The van der Waals surface area contributed by atoms with Gasteiger partial charge in [-0.3, -0.25) is 5.10 Å². The van der Waals surface area contributed by atoms with E-state index in [9.17, 15) is 0 Å². The van der Waals surface area contributed by atoms with Crippen molar-refractivity contribution in [3.05, 3.63) is 76.8 Å². The van der Waals surface area contributed by atoms with Gasteiger partial charge in [-0.2, -0.15) is 5.10 Å². The van der Waals surface area contributed by atoms with Crippen molar-refractivity contribution in [2.45, 2.75) is 23.1 Å². The molecule has 3 rings (SSSR count). The van der Waals surface area contributed by atoms with E-state index < -0.39 is 0 Å². The van der Waals surface area contributed by atoms with E-state index >= 15 is 0 Å². The smallest absolute Gasteiger partial charge is 0.195 e. The van der Waals surface area contributed by atoms with Crippen molar-refractivity contribution >= 4 is 24.0 Å². The van der Waals surface area contributed by atoms with E-state index in [0.717, 1.165) is 18.8 Å². The van der Waals surface area contributed by atoms with Crippen molar-refractivity contribution in [1.82, 2.24) is 14.8 Å². The summed E-state index contributed by atoms with van der Waals surface area (Å²) in [5.74, 6) is 0.946. The molecule has 0 radical (unpaired) electrons.